The van der Waals surface area contributed by atoms with E-state index in [1.54, 1.807) is 6.20 Å². The van der Waals surface area contributed by atoms with Crippen LogP contribution in [0.5, 0.6) is 5.88 Å². The van der Waals surface area contributed by atoms with Gasteiger partial charge in [0.2, 0.25) is 5.88 Å². The van der Waals surface area contributed by atoms with E-state index >= 15 is 0 Å². The summed E-state index contributed by atoms with van der Waals surface area (Å²) < 4.78 is 5.50. The first-order valence-corrected chi connectivity index (χ1v) is 4.33. The van der Waals surface area contributed by atoms with E-state index in [1.165, 1.54) is 6.20 Å². The quantitative estimate of drug-likeness (QED) is 0.767. The molecular formula is C9H15N3O. The lowest BCUT2D eigenvalue weighted by Crippen LogP contribution is -2.19. The van der Waals surface area contributed by atoms with E-state index in [-0.39, 0.29) is 6.10 Å². The fourth-order valence-corrected chi connectivity index (χ4v) is 0.746. The zero-order chi connectivity index (χ0) is 9.84. The molecule has 0 aliphatic rings. The average molecular weight is 181 g/mol. The Morgan fingerprint density at radius 1 is 1.31 bits per heavy atom. The minimum atomic E-state index is 0.121. The summed E-state index contributed by atoms with van der Waals surface area (Å²) in [5.41, 5.74) is 5.46. The molecule has 1 heterocycles. The first-order chi connectivity index (χ1) is 6.09. The molecule has 4 heteroatoms. The lowest BCUT2D eigenvalue weighted by Gasteiger charge is -2.16. The van der Waals surface area contributed by atoms with Crippen molar-refractivity contribution >= 4 is 5.82 Å². The molecule has 1 aromatic heterocycles. The second-order valence-electron chi connectivity index (χ2n) is 3.35. The van der Waals surface area contributed by atoms with Crippen molar-refractivity contribution in [1.29, 1.82) is 0 Å². The Bertz CT molecular complexity index is 275. The first kappa shape index (κ1) is 9.77. The van der Waals surface area contributed by atoms with Crippen molar-refractivity contribution in [2.24, 2.45) is 5.92 Å². The van der Waals surface area contributed by atoms with Gasteiger partial charge in [-0.1, -0.05) is 13.8 Å². The van der Waals surface area contributed by atoms with Crippen molar-refractivity contribution in [2.75, 3.05) is 5.73 Å². The third-order valence-electron chi connectivity index (χ3n) is 1.88. The van der Waals surface area contributed by atoms with Crippen molar-refractivity contribution in [3.63, 3.8) is 0 Å². The van der Waals surface area contributed by atoms with Gasteiger partial charge in [-0.15, -0.1) is 0 Å². The van der Waals surface area contributed by atoms with Gasteiger partial charge in [-0.25, -0.2) is 0 Å². The molecule has 1 aromatic rings. The lowest BCUT2D eigenvalue weighted by atomic mass is 10.1. The summed E-state index contributed by atoms with van der Waals surface area (Å²) >= 11 is 0. The van der Waals surface area contributed by atoms with E-state index < -0.39 is 0 Å². The molecule has 0 aromatic carbocycles. The topological polar surface area (TPSA) is 61.0 Å². The zero-order valence-corrected chi connectivity index (χ0v) is 8.19. The molecule has 13 heavy (non-hydrogen) atoms. The van der Waals surface area contributed by atoms with Crippen LogP contribution in [0.4, 0.5) is 5.82 Å². The number of ether oxygens (including phenoxy) is 1. The fourth-order valence-electron chi connectivity index (χ4n) is 0.746. The Kier molecular flexibility index (Phi) is 3.06. The van der Waals surface area contributed by atoms with Gasteiger partial charge in [0.05, 0.1) is 18.5 Å². The molecular weight excluding hydrogens is 166 g/mol. The number of nitrogens with zero attached hydrogens (tertiary/aromatic N) is 2. The number of aromatic nitrogens is 2. The molecule has 0 aliphatic heterocycles. The van der Waals surface area contributed by atoms with Crippen molar-refractivity contribution < 1.29 is 4.74 Å². The van der Waals surface area contributed by atoms with Gasteiger partial charge < -0.3 is 10.5 Å². The second kappa shape index (κ2) is 4.07. The van der Waals surface area contributed by atoms with Gasteiger partial charge in [0.25, 0.3) is 0 Å². The molecule has 0 amide bonds. The standard InChI is InChI=1S/C9H15N3O/c1-6(2)7(3)13-9-5-11-4-8(10)12-9/h4-7H,1-3H3,(H2,10,12). The summed E-state index contributed by atoms with van der Waals surface area (Å²) in [7, 11) is 0. The monoisotopic (exact) mass is 181 g/mol. The number of rotatable bonds is 3. The highest BCUT2D eigenvalue weighted by Gasteiger charge is 2.09. The maximum Gasteiger partial charge on any atom is 0.234 e. The van der Waals surface area contributed by atoms with Crippen LogP contribution in [0.3, 0.4) is 0 Å². The van der Waals surface area contributed by atoms with Gasteiger partial charge in [-0.3, -0.25) is 4.98 Å². The molecule has 72 valence electrons. The Morgan fingerprint density at radius 2 is 2.00 bits per heavy atom. The number of hydrogen-bond donors (Lipinski definition) is 1. The maximum absolute atomic E-state index is 5.50. The van der Waals surface area contributed by atoms with E-state index in [9.17, 15) is 0 Å². The van der Waals surface area contributed by atoms with Crippen LogP contribution < -0.4 is 10.5 Å². The smallest absolute Gasteiger partial charge is 0.234 e. The van der Waals surface area contributed by atoms with E-state index in [2.05, 4.69) is 23.8 Å². The van der Waals surface area contributed by atoms with Crippen molar-refractivity contribution in [1.82, 2.24) is 9.97 Å². The van der Waals surface area contributed by atoms with Gasteiger partial charge in [0.15, 0.2) is 0 Å². The Labute approximate surface area is 78.1 Å². The molecule has 1 atom stereocenters. The molecule has 1 unspecified atom stereocenters. The number of nitrogen functional groups attached to an aromatic ring is 1. The summed E-state index contributed by atoms with van der Waals surface area (Å²) in [6, 6.07) is 0. The van der Waals surface area contributed by atoms with E-state index in [0.717, 1.165) is 0 Å². The maximum atomic E-state index is 5.50. The minimum absolute atomic E-state index is 0.121. The number of nitrogens with two attached hydrogens (primary N) is 1. The van der Waals surface area contributed by atoms with Crippen LogP contribution in [0.15, 0.2) is 12.4 Å². The molecule has 0 saturated carbocycles. The minimum Gasteiger partial charge on any atom is -0.473 e. The summed E-state index contributed by atoms with van der Waals surface area (Å²) in [5.74, 6) is 1.32. The summed E-state index contributed by atoms with van der Waals surface area (Å²) in [4.78, 5) is 7.87. The average Bonchev–Trinajstić information content (AvgIpc) is 2.04. The van der Waals surface area contributed by atoms with Crippen LogP contribution in [-0.4, -0.2) is 16.1 Å². The number of anilines is 1. The molecule has 4 nitrogen and oxygen atoms in total. The van der Waals surface area contributed by atoms with Gasteiger partial charge in [0.1, 0.15) is 5.82 Å². The lowest BCUT2D eigenvalue weighted by molar-refractivity contribution is 0.163. The van der Waals surface area contributed by atoms with Crippen LogP contribution in [0.1, 0.15) is 20.8 Å². The second-order valence-corrected chi connectivity index (χ2v) is 3.35. The fraction of sp³-hybridized carbons (Fsp3) is 0.556. The zero-order valence-electron chi connectivity index (χ0n) is 8.19. The molecule has 0 aliphatic carbocycles. The number of hydrogen-bond acceptors (Lipinski definition) is 4. The third-order valence-corrected chi connectivity index (χ3v) is 1.88. The molecule has 0 bridgehead atoms. The third kappa shape index (κ3) is 2.89. The summed E-state index contributed by atoms with van der Waals surface area (Å²) in [6.07, 6.45) is 3.18. The summed E-state index contributed by atoms with van der Waals surface area (Å²) in [6.45, 7) is 6.17. The van der Waals surface area contributed by atoms with Gasteiger partial charge in [-0.2, -0.15) is 4.98 Å². The molecule has 0 spiro atoms. The molecule has 0 radical (unpaired) electrons. The Hall–Kier alpha value is -1.32. The van der Waals surface area contributed by atoms with E-state index in [0.29, 0.717) is 17.6 Å². The highest BCUT2D eigenvalue weighted by atomic mass is 16.5. The Balaban J connectivity index is 2.64. The van der Waals surface area contributed by atoms with E-state index in [1.807, 2.05) is 6.92 Å². The molecule has 0 saturated heterocycles. The van der Waals surface area contributed by atoms with Crippen molar-refractivity contribution in [2.45, 2.75) is 26.9 Å². The van der Waals surface area contributed by atoms with E-state index in [4.69, 9.17) is 10.5 Å². The predicted molar refractivity (Wildman–Crippen MR) is 51.4 cm³/mol. The van der Waals surface area contributed by atoms with Crippen molar-refractivity contribution in [3.8, 4) is 5.88 Å². The highest BCUT2D eigenvalue weighted by Crippen LogP contribution is 2.12. The van der Waals surface area contributed by atoms with Crippen LogP contribution in [0, 0.1) is 5.92 Å². The van der Waals surface area contributed by atoms with Crippen LogP contribution in [-0.2, 0) is 0 Å². The van der Waals surface area contributed by atoms with Crippen LogP contribution >= 0.6 is 0 Å². The largest absolute Gasteiger partial charge is 0.473 e. The van der Waals surface area contributed by atoms with Gasteiger partial charge >= 0.3 is 0 Å². The van der Waals surface area contributed by atoms with Gasteiger partial charge in [0, 0.05) is 0 Å². The molecule has 2 N–H and O–H groups in total. The molecule has 1 rings (SSSR count). The normalized spacial score (nSPS) is 12.9. The Morgan fingerprint density at radius 3 is 2.54 bits per heavy atom. The first-order valence-electron chi connectivity index (χ1n) is 4.33. The van der Waals surface area contributed by atoms with Crippen LogP contribution in [0.25, 0.3) is 0 Å². The van der Waals surface area contributed by atoms with Gasteiger partial charge in [-0.05, 0) is 12.8 Å². The molecule has 0 fully saturated rings. The highest BCUT2D eigenvalue weighted by molar-refractivity contribution is 5.26. The van der Waals surface area contributed by atoms with Crippen LogP contribution in [0.2, 0.25) is 0 Å². The SMILES string of the molecule is CC(C)C(C)Oc1cncc(N)n1. The van der Waals surface area contributed by atoms with Crippen molar-refractivity contribution in [3.05, 3.63) is 12.4 Å². The predicted octanol–water partition coefficient (Wildman–Crippen LogP) is 1.48. The summed E-state index contributed by atoms with van der Waals surface area (Å²) in [5, 5.41) is 0.